The number of rotatable bonds is 12. The van der Waals surface area contributed by atoms with Gasteiger partial charge in [-0.25, -0.2) is 0 Å². The minimum atomic E-state index is -0.992. The van der Waals surface area contributed by atoms with Gasteiger partial charge in [0, 0.05) is 6.42 Å². The van der Waals surface area contributed by atoms with E-state index in [1.165, 1.54) is 13.2 Å². The minimum absolute atomic E-state index is 0.279. The van der Waals surface area contributed by atoms with Crippen molar-refractivity contribution in [1.29, 1.82) is 0 Å². The van der Waals surface area contributed by atoms with Crippen LogP contribution in [-0.2, 0) is 9.53 Å². The summed E-state index contributed by atoms with van der Waals surface area (Å²) in [5.41, 5.74) is 0. The lowest BCUT2D eigenvalue weighted by Gasteiger charge is -2.11. The predicted molar refractivity (Wildman–Crippen MR) is 112 cm³/mol. The molecular formula is C23H32O5. The van der Waals surface area contributed by atoms with Crippen LogP contribution in [0.25, 0.3) is 0 Å². The van der Waals surface area contributed by atoms with Gasteiger partial charge in [-0.05, 0) is 43.9 Å². The maximum Gasteiger partial charge on any atom is 0.305 e. The van der Waals surface area contributed by atoms with Crippen molar-refractivity contribution in [2.75, 3.05) is 7.11 Å². The van der Waals surface area contributed by atoms with Crippen molar-refractivity contribution < 1.29 is 24.9 Å². The average Bonchev–Trinajstić information content (AvgIpc) is 2.69. The van der Waals surface area contributed by atoms with Crippen LogP contribution in [0.1, 0.15) is 39.0 Å². The molecule has 0 aliphatic heterocycles. The van der Waals surface area contributed by atoms with Gasteiger partial charge in [-0.15, -0.1) is 0 Å². The van der Waals surface area contributed by atoms with Crippen molar-refractivity contribution >= 4 is 5.97 Å². The molecule has 0 saturated heterocycles. The zero-order valence-corrected chi connectivity index (χ0v) is 16.7. The Morgan fingerprint density at radius 3 is 2.39 bits per heavy atom. The van der Waals surface area contributed by atoms with Crippen LogP contribution in [0, 0.1) is 11.8 Å². The lowest BCUT2D eigenvalue weighted by molar-refractivity contribution is -0.140. The van der Waals surface area contributed by atoms with E-state index in [1.807, 2.05) is 19.1 Å². The monoisotopic (exact) mass is 388 g/mol. The number of hydrogen-bond donors (Lipinski definition) is 3. The summed E-state index contributed by atoms with van der Waals surface area (Å²) in [6, 6.07) is 0. The lowest BCUT2D eigenvalue weighted by atomic mass is 10.1. The Morgan fingerprint density at radius 2 is 1.68 bits per heavy atom. The van der Waals surface area contributed by atoms with Gasteiger partial charge in [0.15, 0.2) is 0 Å². The van der Waals surface area contributed by atoms with Gasteiger partial charge >= 0.3 is 5.97 Å². The number of carbonyl (C=O) groups excluding carboxylic acids is 1. The Morgan fingerprint density at radius 1 is 0.964 bits per heavy atom. The molecule has 0 saturated carbocycles. The molecule has 5 heteroatoms. The van der Waals surface area contributed by atoms with Crippen LogP contribution in [0.2, 0.25) is 0 Å². The molecular weight excluding hydrogens is 356 g/mol. The van der Waals surface area contributed by atoms with Crippen molar-refractivity contribution in [3.63, 3.8) is 0 Å². The Balaban J connectivity index is 4.11. The molecule has 5 nitrogen and oxygen atoms in total. The summed E-state index contributed by atoms with van der Waals surface area (Å²) < 4.78 is 4.53. The van der Waals surface area contributed by atoms with Crippen LogP contribution >= 0.6 is 0 Å². The van der Waals surface area contributed by atoms with Crippen molar-refractivity contribution in [2.24, 2.45) is 0 Å². The highest BCUT2D eigenvalue weighted by Crippen LogP contribution is 2.04. The molecule has 3 N–H and O–H groups in total. The van der Waals surface area contributed by atoms with Crippen molar-refractivity contribution in [3.8, 4) is 11.8 Å². The zero-order chi connectivity index (χ0) is 21.0. The Kier molecular flexibility index (Phi) is 16.5. The van der Waals surface area contributed by atoms with Gasteiger partial charge in [-0.1, -0.05) is 61.3 Å². The standard InChI is InChI=1S/C23H32O5/c1-3-4-10-15-20(24)16-11-7-5-6-8-12-17-21(25)22(26)18-13-9-14-19-23(27)28-2/h4,6,8-13,16-17,20-22,24-26H,3,14-15,18-19H2,1-2H3/b8-6+,10-4-,13-9-,16-11+,17-12+. The van der Waals surface area contributed by atoms with Crippen LogP contribution < -0.4 is 0 Å². The summed E-state index contributed by atoms with van der Waals surface area (Å²) >= 11 is 0. The average molecular weight is 389 g/mol. The summed E-state index contributed by atoms with van der Waals surface area (Å²) in [5.74, 6) is 5.28. The van der Waals surface area contributed by atoms with E-state index in [-0.39, 0.29) is 12.4 Å². The second-order valence-corrected chi connectivity index (χ2v) is 5.95. The number of hydrogen-bond acceptors (Lipinski definition) is 5. The topological polar surface area (TPSA) is 87.0 Å². The smallest absolute Gasteiger partial charge is 0.305 e. The van der Waals surface area contributed by atoms with E-state index in [1.54, 1.807) is 42.5 Å². The largest absolute Gasteiger partial charge is 0.469 e. The normalized spacial score (nSPS) is 15.5. The first-order valence-electron chi connectivity index (χ1n) is 9.43. The number of methoxy groups -OCH3 is 1. The van der Waals surface area contributed by atoms with Crippen LogP contribution in [0.3, 0.4) is 0 Å². The van der Waals surface area contributed by atoms with Gasteiger partial charge in [0.2, 0.25) is 0 Å². The molecule has 0 fully saturated rings. The van der Waals surface area contributed by atoms with E-state index >= 15 is 0 Å². The number of ether oxygens (including phenoxy) is 1. The summed E-state index contributed by atoms with van der Waals surface area (Å²) in [5, 5.41) is 29.3. The van der Waals surface area contributed by atoms with Gasteiger partial charge in [0.1, 0.15) is 0 Å². The van der Waals surface area contributed by atoms with Gasteiger partial charge in [-0.2, -0.15) is 0 Å². The number of carbonyl (C=O) groups is 1. The number of allylic oxidation sites excluding steroid dienone is 6. The Labute approximate surface area is 168 Å². The molecule has 28 heavy (non-hydrogen) atoms. The highest BCUT2D eigenvalue weighted by molar-refractivity contribution is 5.69. The zero-order valence-electron chi connectivity index (χ0n) is 16.7. The fourth-order valence-electron chi connectivity index (χ4n) is 1.94. The summed E-state index contributed by atoms with van der Waals surface area (Å²) in [6.07, 6.45) is 17.2. The lowest BCUT2D eigenvalue weighted by Crippen LogP contribution is -2.22. The molecule has 0 bridgehead atoms. The SMILES string of the molecule is CC/C=C\CC(O)/C=C/C#C/C=C/C=C/C(O)C(O)C/C=C\CCC(=O)OC. The van der Waals surface area contributed by atoms with Crippen LogP contribution in [0.15, 0.2) is 60.8 Å². The highest BCUT2D eigenvalue weighted by atomic mass is 16.5. The first kappa shape index (κ1) is 25.6. The fraction of sp³-hybridized carbons (Fsp3) is 0.435. The van der Waals surface area contributed by atoms with E-state index in [9.17, 15) is 20.1 Å². The minimum Gasteiger partial charge on any atom is -0.469 e. The number of aliphatic hydroxyl groups excluding tert-OH is 3. The van der Waals surface area contributed by atoms with Gasteiger partial charge in [-0.3, -0.25) is 4.79 Å². The molecule has 0 spiro atoms. The molecule has 0 amide bonds. The maximum absolute atomic E-state index is 10.9. The summed E-state index contributed by atoms with van der Waals surface area (Å²) in [7, 11) is 1.34. The second kappa shape index (κ2) is 18.0. The van der Waals surface area contributed by atoms with Gasteiger partial charge < -0.3 is 20.1 Å². The fourth-order valence-corrected chi connectivity index (χ4v) is 1.94. The van der Waals surface area contributed by atoms with E-state index < -0.39 is 18.3 Å². The highest BCUT2D eigenvalue weighted by Gasteiger charge is 2.10. The molecule has 154 valence electrons. The van der Waals surface area contributed by atoms with Crippen LogP contribution in [0.5, 0.6) is 0 Å². The van der Waals surface area contributed by atoms with Gasteiger partial charge in [0.05, 0.1) is 25.4 Å². The van der Waals surface area contributed by atoms with Gasteiger partial charge in [0.25, 0.3) is 0 Å². The van der Waals surface area contributed by atoms with E-state index in [0.29, 0.717) is 19.3 Å². The molecule has 0 aromatic carbocycles. The maximum atomic E-state index is 10.9. The van der Waals surface area contributed by atoms with Crippen LogP contribution in [0.4, 0.5) is 0 Å². The molecule has 3 atom stereocenters. The molecule has 0 aromatic heterocycles. The molecule has 0 radical (unpaired) electrons. The van der Waals surface area contributed by atoms with Crippen molar-refractivity contribution in [3.05, 3.63) is 60.8 Å². The summed E-state index contributed by atoms with van der Waals surface area (Å²) in [4.78, 5) is 10.9. The first-order valence-corrected chi connectivity index (χ1v) is 9.43. The van der Waals surface area contributed by atoms with E-state index in [2.05, 4.69) is 16.6 Å². The second-order valence-electron chi connectivity index (χ2n) is 5.95. The van der Waals surface area contributed by atoms with Crippen molar-refractivity contribution in [1.82, 2.24) is 0 Å². The quantitative estimate of drug-likeness (QED) is 0.207. The predicted octanol–water partition coefficient (Wildman–Crippen LogP) is 3.00. The molecule has 3 unspecified atom stereocenters. The molecule has 0 rings (SSSR count). The van der Waals surface area contributed by atoms with Crippen LogP contribution in [-0.4, -0.2) is 46.7 Å². The molecule has 0 aromatic rings. The number of esters is 1. The third-order valence-corrected chi connectivity index (χ3v) is 3.55. The number of aliphatic hydroxyl groups is 3. The Hall–Kier alpha value is -2.39. The molecule has 0 aliphatic rings. The van der Waals surface area contributed by atoms with E-state index in [4.69, 9.17) is 0 Å². The Bertz CT molecular complexity index is 617. The molecule has 0 aliphatic carbocycles. The molecule has 0 heterocycles. The van der Waals surface area contributed by atoms with Crippen molar-refractivity contribution in [2.45, 2.75) is 57.3 Å². The third-order valence-electron chi connectivity index (χ3n) is 3.55. The third kappa shape index (κ3) is 15.8. The first-order chi connectivity index (χ1) is 13.5. The summed E-state index contributed by atoms with van der Waals surface area (Å²) in [6.45, 7) is 2.04. The van der Waals surface area contributed by atoms with E-state index in [0.717, 1.165) is 6.42 Å².